The van der Waals surface area contributed by atoms with Gasteiger partial charge in [-0.25, -0.2) is 0 Å². The number of aryl methyl sites for hydroxylation is 1. The van der Waals surface area contributed by atoms with Crippen LogP contribution in [0.3, 0.4) is 0 Å². The highest BCUT2D eigenvalue weighted by atomic mass is 19.4. The van der Waals surface area contributed by atoms with Crippen molar-refractivity contribution in [3.05, 3.63) is 28.3 Å². The second kappa shape index (κ2) is 4.87. The highest BCUT2D eigenvalue weighted by Crippen LogP contribution is 2.42. The number of hydrogen-bond acceptors (Lipinski definition) is 2. The minimum absolute atomic E-state index is 0.188. The molecule has 0 aliphatic heterocycles. The number of carbonyl (C=O) groups excluding carboxylic acids is 1. The van der Waals surface area contributed by atoms with Gasteiger partial charge in [0.2, 0.25) is 0 Å². The number of aromatic hydroxyl groups is 1. The quantitative estimate of drug-likeness (QED) is 0.622. The first-order valence-corrected chi connectivity index (χ1v) is 6.28. The topological polar surface area (TPSA) is 37.3 Å². The monoisotopic (exact) mass is 272 g/mol. The summed E-state index contributed by atoms with van der Waals surface area (Å²) >= 11 is 0. The van der Waals surface area contributed by atoms with Crippen LogP contribution in [0.2, 0.25) is 0 Å². The highest BCUT2D eigenvalue weighted by Gasteiger charge is 2.39. The van der Waals surface area contributed by atoms with Crippen LogP contribution in [0.25, 0.3) is 0 Å². The summed E-state index contributed by atoms with van der Waals surface area (Å²) in [5.74, 6) is -1.31. The maximum atomic E-state index is 13.2. The number of phenols is 1. The zero-order valence-corrected chi connectivity index (χ0v) is 10.6. The van der Waals surface area contributed by atoms with Crippen molar-refractivity contribution in [2.75, 3.05) is 0 Å². The first-order valence-electron chi connectivity index (χ1n) is 6.28. The molecular weight excluding hydrogens is 257 g/mol. The molecule has 1 aromatic rings. The second-order valence-corrected chi connectivity index (χ2v) is 4.90. The van der Waals surface area contributed by atoms with Crippen molar-refractivity contribution >= 4 is 5.78 Å². The van der Waals surface area contributed by atoms with Gasteiger partial charge in [-0.3, -0.25) is 4.79 Å². The first-order chi connectivity index (χ1) is 8.82. The van der Waals surface area contributed by atoms with Crippen LogP contribution in [0.4, 0.5) is 13.2 Å². The van der Waals surface area contributed by atoms with Gasteiger partial charge in [0.1, 0.15) is 5.75 Å². The molecule has 0 spiro atoms. The minimum atomic E-state index is -4.62. The standard InChI is InChI=1S/C14H15F3O2/c1-8(18)12-11(19)7-9-5-3-2-4-6-10(9)13(12)14(15,16)17/h7,19H,2-6H2,1H3. The Balaban J connectivity index is 2.77. The van der Waals surface area contributed by atoms with Crippen LogP contribution in [0.5, 0.6) is 5.75 Å². The molecule has 1 N–H and O–H groups in total. The van der Waals surface area contributed by atoms with E-state index in [2.05, 4.69) is 0 Å². The highest BCUT2D eigenvalue weighted by molar-refractivity contribution is 5.99. The number of benzene rings is 1. The Morgan fingerprint density at radius 1 is 1.21 bits per heavy atom. The summed E-state index contributed by atoms with van der Waals surface area (Å²) in [5.41, 5.74) is -0.814. The number of hydrogen-bond donors (Lipinski definition) is 1. The van der Waals surface area contributed by atoms with Gasteiger partial charge in [-0.1, -0.05) is 6.42 Å². The lowest BCUT2D eigenvalue weighted by atomic mass is 9.90. The number of Topliss-reactive ketones (excluding diaryl/α,β-unsaturated/α-hetero) is 1. The van der Waals surface area contributed by atoms with E-state index in [1.165, 1.54) is 6.07 Å². The summed E-state index contributed by atoms with van der Waals surface area (Å²) in [5, 5.41) is 9.75. The molecule has 19 heavy (non-hydrogen) atoms. The lowest BCUT2D eigenvalue weighted by molar-refractivity contribution is -0.138. The fourth-order valence-electron chi connectivity index (χ4n) is 2.74. The van der Waals surface area contributed by atoms with Crippen LogP contribution in [0.15, 0.2) is 6.07 Å². The van der Waals surface area contributed by atoms with Crippen molar-refractivity contribution in [2.45, 2.75) is 45.2 Å². The second-order valence-electron chi connectivity index (χ2n) is 4.90. The van der Waals surface area contributed by atoms with Crippen molar-refractivity contribution < 1.29 is 23.1 Å². The lowest BCUT2D eigenvalue weighted by Crippen LogP contribution is -2.17. The lowest BCUT2D eigenvalue weighted by Gasteiger charge is -2.19. The van der Waals surface area contributed by atoms with E-state index in [1.807, 2.05) is 0 Å². The average Bonchev–Trinajstić information content (AvgIpc) is 2.50. The van der Waals surface area contributed by atoms with Crippen LogP contribution in [0.1, 0.15) is 53.2 Å². The summed E-state index contributed by atoms with van der Waals surface area (Å²) in [7, 11) is 0. The van der Waals surface area contributed by atoms with Gasteiger partial charge >= 0.3 is 6.18 Å². The van der Waals surface area contributed by atoms with Crippen molar-refractivity contribution in [3.63, 3.8) is 0 Å². The molecule has 2 rings (SSSR count). The Bertz CT molecular complexity index is 518. The van der Waals surface area contributed by atoms with Crippen LogP contribution in [-0.2, 0) is 19.0 Å². The van der Waals surface area contributed by atoms with Gasteiger partial charge in [0.05, 0.1) is 11.1 Å². The molecule has 5 heteroatoms. The Kier molecular flexibility index (Phi) is 3.56. The van der Waals surface area contributed by atoms with E-state index in [0.29, 0.717) is 24.8 Å². The van der Waals surface area contributed by atoms with E-state index >= 15 is 0 Å². The fourth-order valence-corrected chi connectivity index (χ4v) is 2.74. The number of fused-ring (bicyclic) bond motifs is 1. The molecule has 1 aromatic carbocycles. The number of phenolic OH excluding ortho intramolecular Hbond substituents is 1. The summed E-state index contributed by atoms with van der Waals surface area (Å²) in [6.07, 6.45) is -1.44. The molecule has 0 radical (unpaired) electrons. The Morgan fingerprint density at radius 3 is 2.42 bits per heavy atom. The van der Waals surface area contributed by atoms with E-state index in [9.17, 15) is 23.1 Å². The zero-order valence-electron chi connectivity index (χ0n) is 10.6. The molecule has 104 valence electrons. The average molecular weight is 272 g/mol. The summed E-state index contributed by atoms with van der Waals surface area (Å²) in [6.45, 7) is 1.05. The van der Waals surface area contributed by atoms with Crippen LogP contribution in [-0.4, -0.2) is 10.9 Å². The summed E-state index contributed by atoms with van der Waals surface area (Å²) in [4.78, 5) is 11.4. The molecule has 0 saturated heterocycles. The Hall–Kier alpha value is -1.52. The largest absolute Gasteiger partial charge is 0.507 e. The third kappa shape index (κ3) is 2.60. The molecule has 2 nitrogen and oxygen atoms in total. The Labute approximate surface area is 109 Å². The van der Waals surface area contributed by atoms with Gasteiger partial charge in [-0.05, 0) is 49.8 Å². The number of ketones is 1. The van der Waals surface area contributed by atoms with Gasteiger partial charge in [0.25, 0.3) is 0 Å². The molecule has 0 atom stereocenters. The molecule has 0 saturated carbocycles. The number of rotatable bonds is 1. The van der Waals surface area contributed by atoms with E-state index in [0.717, 1.165) is 19.8 Å². The third-order valence-corrected chi connectivity index (χ3v) is 3.51. The molecule has 0 aromatic heterocycles. The third-order valence-electron chi connectivity index (χ3n) is 3.51. The fraction of sp³-hybridized carbons (Fsp3) is 0.500. The molecule has 1 aliphatic rings. The van der Waals surface area contributed by atoms with Crippen molar-refractivity contribution in [1.82, 2.24) is 0 Å². The smallest absolute Gasteiger partial charge is 0.417 e. The van der Waals surface area contributed by atoms with E-state index < -0.39 is 28.8 Å². The first kappa shape index (κ1) is 13.9. The summed E-state index contributed by atoms with van der Waals surface area (Å²) in [6, 6.07) is 1.33. The molecule has 1 aliphatic carbocycles. The number of halogens is 3. The van der Waals surface area contributed by atoms with Crippen LogP contribution < -0.4 is 0 Å². The molecule has 0 bridgehead atoms. The van der Waals surface area contributed by atoms with Gasteiger partial charge in [-0.2, -0.15) is 13.2 Å². The molecular formula is C14H15F3O2. The van der Waals surface area contributed by atoms with Gasteiger partial charge in [0, 0.05) is 0 Å². The zero-order chi connectivity index (χ0) is 14.2. The van der Waals surface area contributed by atoms with Gasteiger partial charge in [-0.15, -0.1) is 0 Å². The molecule has 0 heterocycles. The molecule has 0 fully saturated rings. The number of alkyl halides is 3. The predicted octanol–water partition coefficient (Wildman–Crippen LogP) is 3.88. The maximum Gasteiger partial charge on any atom is 0.417 e. The van der Waals surface area contributed by atoms with E-state index in [4.69, 9.17) is 0 Å². The van der Waals surface area contributed by atoms with E-state index in [1.54, 1.807) is 0 Å². The van der Waals surface area contributed by atoms with Gasteiger partial charge < -0.3 is 5.11 Å². The van der Waals surface area contributed by atoms with Crippen molar-refractivity contribution in [2.24, 2.45) is 0 Å². The van der Waals surface area contributed by atoms with Crippen LogP contribution in [0, 0.1) is 0 Å². The SMILES string of the molecule is CC(=O)c1c(O)cc2c(c1C(F)(F)F)CCCCC2. The van der Waals surface area contributed by atoms with Crippen molar-refractivity contribution in [1.29, 1.82) is 0 Å². The minimum Gasteiger partial charge on any atom is -0.507 e. The number of carbonyl (C=O) groups is 1. The normalized spacial score (nSPS) is 15.8. The Morgan fingerprint density at radius 2 is 1.84 bits per heavy atom. The molecule has 0 unspecified atom stereocenters. The van der Waals surface area contributed by atoms with E-state index in [-0.39, 0.29) is 5.56 Å². The predicted molar refractivity (Wildman–Crippen MR) is 64.4 cm³/mol. The van der Waals surface area contributed by atoms with Crippen LogP contribution >= 0.6 is 0 Å². The maximum absolute atomic E-state index is 13.2. The summed E-state index contributed by atoms with van der Waals surface area (Å²) < 4.78 is 39.7. The molecule has 0 amide bonds. The van der Waals surface area contributed by atoms with Crippen molar-refractivity contribution in [3.8, 4) is 5.75 Å². The van der Waals surface area contributed by atoms with Gasteiger partial charge in [0.15, 0.2) is 5.78 Å².